The minimum absolute atomic E-state index is 0.0326. The van der Waals surface area contributed by atoms with E-state index in [2.05, 4.69) is 16.7 Å². The quantitative estimate of drug-likeness (QED) is 0.946. The Hall–Kier alpha value is -1.43. The molecule has 112 valence electrons. The fourth-order valence-electron chi connectivity index (χ4n) is 2.84. The van der Waals surface area contributed by atoms with Gasteiger partial charge in [-0.15, -0.1) is 0 Å². The van der Waals surface area contributed by atoms with Gasteiger partial charge in [0.05, 0.1) is 4.90 Å². The molecule has 0 amide bonds. The van der Waals surface area contributed by atoms with Gasteiger partial charge in [0.2, 0.25) is 10.0 Å². The summed E-state index contributed by atoms with van der Waals surface area (Å²) in [6, 6.07) is 13.0. The third-order valence-electron chi connectivity index (χ3n) is 4.08. The summed E-state index contributed by atoms with van der Waals surface area (Å²) in [5.41, 5.74) is 0. The molecule has 0 radical (unpaired) electrons. The van der Waals surface area contributed by atoms with E-state index in [0.717, 1.165) is 36.7 Å². The predicted molar refractivity (Wildman–Crippen MR) is 84.8 cm³/mol. The van der Waals surface area contributed by atoms with Crippen molar-refractivity contribution in [2.45, 2.75) is 23.8 Å². The Morgan fingerprint density at radius 1 is 1.05 bits per heavy atom. The standard InChI is InChI=1S/C16H20N2O2S/c1-18-11-9-14(10-12-18)17-21(19,20)16-8-4-6-13-5-2-3-7-15(13)16/h2-8,14,17H,9-12H2,1H3. The van der Waals surface area contributed by atoms with Crippen molar-refractivity contribution in [1.82, 2.24) is 9.62 Å². The maximum absolute atomic E-state index is 12.7. The lowest BCUT2D eigenvalue weighted by Crippen LogP contribution is -2.43. The summed E-state index contributed by atoms with van der Waals surface area (Å²) in [6.07, 6.45) is 1.72. The Bertz CT molecular complexity index is 730. The van der Waals surface area contributed by atoms with Crippen LogP contribution in [0.2, 0.25) is 0 Å². The highest BCUT2D eigenvalue weighted by molar-refractivity contribution is 7.89. The van der Waals surface area contributed by atoms with Gasteiger partial charge in [0, 0.05) is 11.4 Å². The molecule has 0 aromatic heterocycles. The highest BCUT2D eigenvalue weighted by atomic mass is 32.2. The molecular weight excluding hydrogens is 284 g/mol. The van der Waals surface area contributed by atoms with Crippen LogP contribution in [0.3, 0.4) is 0 Å². The number of nitrogens with one attached hydrogen (secondary N) is 1. The lowest BCUT2D eigenvalue weighted by atomic mass is 10.1. The fraction of sp³-hybridized carbons (Fsp3) is 0.375. The summed E-state index contributed by atoms with van der Waals surface area (Å²) in [7, 11) is -1.41. The molecular formula is C16H20N2O2S. The zero-order valence-corrected chi connectivity index (χ0v) is 12.9. The number of nitrogens with zero attached hydrogens (tertiary/aromatic N) is 1. The predicted octanol–water partition coefficient (Wildman–Crippen LogP) is 2.21. The molecule has 2 aromatic rings. The Labute approximate surface area is 125 Å². The van der Waals surface area contributed by atoms with E-state index in [1.807, 2.05) is 30.3 Å². The zero-order chi connectivity index (χ0) is 14.9. The van der Waals surface area contributed by atoms with Gasteiger partial charge in [-0.25, -0.2) is 13.1 Å². The SMILES string of the molecule is CN1CCC(NS(=O)(=O)c2cccc3ccccc23)CC1. The molecule has 5 heteroatoms. The Kier molecular flexibility index (Phi) is 3.97. The smallest absolute Gasteiger partial charge is 0.241 e. The topological polar surface area (TPSA) is 49.4 Å². The number of sulfonamides is 1. The third kappa shape index (κ3) is 3.10. The van der Waals surface area contributed by atoms with Crippen LogP contribution in [0.4, 0.5) is 0 Å². The van der Waals surface area contributed by atoms with E-state index < -0.39 is 10.0 Å². The first-order valence-electron chi connectivity index (χ1n) is 7.25. The summed E-state index contributed by atoms with van der Waals surface area (Å²) < 4.78 is 28.2. The van der Waals surface area contributed by atoms with Crippen molar-refractivity contribution in [2.24, 2.45) is 0 Å². The summed E-state index contributed by atoms with van der Waals surface area (Å²) in [5.74, 6) is 0. The van der Waals surface area contributed by atoms with Crippen molar-refractivity contribution < 1.29 is 8.42 Å². The van der Waals surface area contributed by atoms with Crippen molar-refractivity contribution in [3.05, 3.63) is 42.5 Å². The van der Waals surface area contributed by atoms with Crippen molar-refractivity contribution >= 4 is 20.8 Å². The van der Waals surface area contributed by atoms with Gasteiger partial charge in [-0.2, -0.15) is 0 Å². The second-order valence-corrected chi connectivity index (χ2v) is 7.36. The number of hydrogen-bond donors (Lipinski definition) is 1. The Morgan fingerprint density at radius 2 is 1.71 bits per heavy atom. The normalized spacial score (nSPS) is 18.1. The molecule has 0 unspecified atom stereocenters. The molecule has 21 heavy (non-hydrogen) atoms. The zero-order valence-electron chi connectivity index (χ0n) is 12.1. The minimum atomic E-state index is -3.47. The molecule has 0 saturated carbocycles. The second-order valence-electron chi connectivity index (χ2n) is 5.68. The van der Waals surface area contributed by atoms with Crippen molar-refractivity contribution in [1.29, 1.82) is 0 Å². The first-order valence-corrected chi connectivity index (χ1v) is 8.73. The van der Waals surface area contributed by atoms with Gasteiger partial charge in [0.25, 0.3) is 0 Å². The largest absolute Gasteiger partial charge is 0.306 e. The summed E-state index contributed by atoms with van der Waals surface area (Å²) in [4.78, 5) is 2.60. The van der Waals surface area contributed by atoms with E-state index >= 15 is 0 Å². The lowest BCUT2D eigenvalue weighted by Gasteiger charge is -2.29. The van der Waals surface area contributed by atoms with Crippen molar-refractivity contribution in [2.75, 3.05) is 20.1 Å². The molecule has 1 fully saturated rings. The Balaban J connectivity index is 1.90. The molecule has 3 rings (SSSR count). The van der Waals surface area contributed by atoms with Gasteiger partial charge in [0.1, 0.15) is 0 Å². The van der Waals surface area contributed by atoms with E-state index in [0.29, 0.717) is 4.90 Å². The minimum Gasteiger partial charge on any atom is -0.306 e. The molecule has 0 bridgehead atoms. The fourth-order valence-corrected chi connectivity index (χ4v) is 4.37. The molecule has 1 N–H and O–H groups in total. The van der Waals surface area contributed by atoms with Crippen molar-refractivity contribution in [3.63, 3.8) is 0 Å². The third-order valence-corrected chi connectivity index (χ3v) is 5.66. The molecule has 1 heterocycles. The molecule has 1 saturated heterocycles. The van der Waals surface area contributed by atoms with E-state index in [1.54, 1.807) is 12.1 Å². The molecule has 1 aliphatic rings. The van der Waals surface area contributed by atoms with Gasteiger partial charge in [-0.3, -0.25) is 0 Å². The average molecular weight is 304 g/mol. The number of fused-ring (bicyclic) bond motifs is 1. The van der Waals surface area contributed by atoms with Gasteiger partial charge in [-0.05, 0) is 44.4 Å². The number of rotatable bonds is 3. The molecule has 0 aliphatic carbocycles. The molecule has 0 atom stereocenters. The van der Waals surface area contributed by atoms with Gasteiger partial charge >= 0.3 is 0 Å². The summed E-state index contributed by atoms with van der Waals surface area (Å²) >= 11 is 0. The summed E-state index contributed by atoms with van der Waals surface area (Å²) in [5, 5.41) is 1.73. The van der Waals surface area contributed by atoms with Gasteiger partial charge in [-0.1, -0.05) is 36.4 Å². The Morgan fingerprint density at radius 3 is 2.48 bits per heavy atom. The van der Waals surface area contributed by atoms with Crippen LogP contribution in [-0.2, 0) is 10.0 Å². The van der Waals surface area contributed by atoms with Crippen LogP contribution in [0.15, 0.2) is 47.4 Å². The van der Waals surface area contributed by atoms with Crippen LogP contribution in [-0.4, -0.2) is 39.5 Å². The maximum Gasteiger partial charge on any atom is 0.241 e. The van der Waals surface area contributed by atoms with Gasteiger partial charge < -0.3 is 4.90 Å². The highest BCUT2D eigenvalue weighted by Gasteiger charge is 2.24. The van der Waals surface area contributed by atoms with Crippen LogP contribution in [0.5, 0.6) is 0 Å². The van der Waals surface area contributed by atoms with Crippen LogP contribution < -0.4 is 4.72 Å². The van der Waals surface area contributed by atoms with Crippen LogP contribution in [0.25, 0.3) is 10.8 Å². The average Bonchev–Trinajstić information content (AvgIpc) is 2.49. The molecule has 4 nitrogen and oxygen atoms in total. The first-order chi connectivity index (χ1) is 10.1. The number of piperidine rings is 1. The van der Waals surface area contributed by atoms with E-state index in [9.17, 15) is 8.42 Å². The van der Waals surface area contributed by atoms with Crippen LogP contribution >= 0.6 is 0 Å². The summed E-state index contributed by atoms with van der Waals surface area (Å²) in [6.45, 7) is 1.87. The van der Waals surface area contributed by atoms with E-state index in [4.69, 9.17) is 0 Å². The van der Waals surface area contributed by atoms with Crippen LogP contribution in [0.1, 0.15) is 12.8 Å². The number of likely N-dealkylation sites (tertiary alicyclic amines) is 1. The number of benzene rings is 2. The molecule has 1 aliphatic heterocycles. The van der Waals surface area contributed by atoms with E-state index in [1.165, 1.54) is 0 Å². The van der Waals surface area contributed by atoms with Gasteiger partial charge in [0.15, 0.2) is 0 Å². The highest BCUT2D eigenvalue weighted by Crippen LogP contribution is 2.23. The van der Waals surface area contributed by atoms with E-state index in [-0.39, 0.29) is 6.04 Å². The monoisotopic (exact) mass is 304 g/mol. The molecule has 2 aromatic carbocycles. The molecule has 0 spiro atoms. The lowest BCUT2D eigenvalue weighted by molar-refractivity contribution is 0.248. The number of hydrogen-bond acceptors (Lipinski definition) is 3. The van der Waals surface area contributed by atoms with Crippen LogP contribution in [0, 0.1) is 0 Å². The second kappa shape index (κ2) is 5.75. The maximum atomic E-state index is 12.7. The first kappa shape index (κ1) is 14.5. The van der Waals surface area contributed by atoms with Crippen molar-refractivity contribution in [3.8, 4) is 0 Å².